The van der Waals surface area contributed by atoms with Gasteiger partial charge in [0.1, 0.15) is 0 Å². The van der Waals surface area contributed by atoms with Crippen molar-refractivity contribution in [2.24, 2.45) is 0 Å². The van der Waals surface area contributed by atoms with E-state index >= 15 is 0 Å². The molecule has 3 nitrogen and oxygen atoms in total. The lowest BCUT2D eigenvalue weighted by Gasteiger charge is -2.11. The minimum absolute atomic E-state index is 0.288. The van der Waals surface area contributed by atoms with Gasteiger partial charge in [0, 0.05) is 0 Å². The summed E-state index contributed by atoms with van der Waals surface area (Å²) in [6, 6.07) is 12.7. The van der Waals surface area contributed by atoms with Crippen molar-refractivity contribution in [2.75, 3.05) is 4.72 Å². The maximum atomic E-state index is 12.4. The number of sulfonamides is 1. The third-order valence-corrected chi connectivity index (χ3v) is 4.66. The van der Waals surface area contributed by atoms with Gasteiger partial charge in [-0.1, -0.05) is 31.2 Å². The second kappa shape index (κ2) is 5.67. The summed E-state index contributed by atoms with van der Waals surface area (Å²) in [6.45, 7) is 5.86. The van der Waals surface area contributed by atoms with Gasteiger partial charge in [0.05, 0.1) is 10.6 Å². The number of anilines is 1. The molecule has 0 amide bonds. The van der Waals surface area contributed by atoms with Crippen LogP contribution in [0.4, 0.5) is 5.69 Å². The fraction of sp³-hybridized carbons (Fsp3) is 0.250. The Bertz CT molecular complexity index is 704. The number of benzene rings is 2. The highest BCUT2D eigenvalue weighted by Gasteiger charge is 2.15. The Balaban J connectivity index is 2.32. The Morgan fingerprint density at radius 3 is 2.25 bits per heavy atom. The van der Waals surface area contributed by atoms with Gasteiger partial charge in [0.15, 0.2) is 0 Å². The van der Waals surface area contributed by atoms with E-state index in [1.807, 2.05) is 51.1 Å². The summed E-state index contributed by atoms with van der Waals surface area (Å²) in [4.78, 5) is 0.288. The third kappa shape index (κ3) is 3.20. The van der Waals surface area contributed by atoms with Crippen LogP contribution in [0.15, 0.2) is 47.4 Å². The van der Waals surface area contributed by atoms with Crippen LogP contribution >= 0.6 is 0 Å². The van der Waals surface area contributed by atoms with Crippen LogP contribution in [0.2, 0.25) is 0 Å². The predicted molar refractivity (Wildman–Crippen MR) is 82.5 cm³/mol. The first-order chi connectivity index (χ1) is 9.42. The van der Waals surface area contributed by atoms with Crippen molar-refractivity contribution in [2.45, 2.75) is 32.1 Å². The molecule has 2 rings (SSSR count). The van der Waals surface area contributed by atoms with Crippen LogP contribution in [-0.4, -0.2) is 8.42 Å². The molecule has 0 unspecified atom stereocenters. The van der Waals surface area contributed by atoms with E-state index < -0.39 is 10.0 Å². The van der Waals surface area contributed by atoms with E-state index in [1.165, 1.54) is 0 Å². The number of nitrogens with one attached hydrogen (secondary N) is 1. The van der Waals surface area contributed by atoms with Crippen LogP contribution < -0.4 is 4.72 Å². The number of hydrogen-bond donors (Lipinski definition) is 1. The first kappa shape index (κ1) is 14.6. The molecular weight excluding hydrogens is 270 g/mol. The maximum absolute atomic E-state index is 12.4. The molecule has 0 aliphatic carbocycles. The molecule has 106 valence electrons. The lowest BCUT2D eigenvalue weighted by Crippen LogP contribution is -2.13. The van der Waals surface area contributed by atoms with Crippen LogP contribution in [0.1, 0.15) is 23.6 Å². The van der Waals surface area contributed by atoms with E-state index in [4.69, 9.17) is 0 Å². The first-order valence-electron chi connectivity index (χ1n) is 6.61. The fourth-order valence-electron chi connectivity index (χ4n) is 1.95. The zero-order chi connectivity index (χ0) is 14.8. The van der Waals surface area contributed by atoms with Crippen LogP contribution in [0, 0.1) is 13.8 Å². The zero-order valence-electron chi connectivity index (χ0n) is 12.0. The zero-order valence-corrected chi connectivity index (χ0v) is 12.8. The van der Waals surface area contributed by atoms with Gasteiger partial charge in [0.25, 0.3) is 10.0 Å². The minimum Gasteiger partial charge on any atom is -0.279 e. The molecule has 0 heterocycles. The molecule has 0 aliphatic rings. The van der Waals surface area contributed by atoms with Gasteiger partial charge in [-0.25, -0.2) is 8.42 Å². The van der Waals surface area contributed by atoms with Crippen molar-refractivity contribution in [3.8, 4) is 0 Å². The fourth-order valence-corrected chi connectivity index (χ4v) is 3.08. The average Bonchev–Trinajstić information content (AvgIpc) is 2.43. The van der Waals surface area contributed by atoms with E-state index in [1.54, 1.807) is 12.1 Å². The van der Waals surface area contributed by atoms with E-state index in [9.17, 15) is 8.42 Å². The lowest BCUT2D eigenvalue weighted by atomic mass is 10.1. The monoisotopic (exact) mass is 289 g/mol. The first-order valence-corrected chi connectivity index (χ1v) is 8.09. The number of aryl methyl sites for hydroxylation is 3. The van der Waals surface area contributed by atoms with Crippen molar-refractivity contribution in [3.05, 3.63) is 59.2 Å². The molecule has 2 aromatic rings. The van der Waals surface area contributed by atoms with Gasteiger partial charge in [-0.05, 0) is 55.2 Å². The Hall–Kier alpha value is -1.81. The third-order valence-electron chi connectivity index (χ3n) is 3.28. The van der Waals surface area contributed by atoms with Gasteiger partial charge in [-0.15, -0.1) is 0 Å². The molecule has 4 heteroatoms. The van der Waals surface area contributed by atoms with Gasteiger partial charge >= 0.3 is 0 Å². The average molecular weight is 289 g/mol. The van der Waals surface area contributed by atoms with Crippen molar-refractivity contribution >= 4 is 15.7 Å². The summed E-state index contributed by atoms with van der Waals surface area (Å²) >= 11 is 0. The summed E-state index contributed by atoms with van der Waals surface area (Å²) in [5.41, 5.74) is 3.68. The SMILES string of the molecule is CCc1ccc(S(=O)(=O)Nc2cc(C)ccc2C)cc1. The quantitative estimate of drug-likeness (QED) is 0.933. The Labute approximate surface area is 120 Å². The van der Waals surface area contributed by atoms with Gasteiger partial charge in [-0.3, -0.25) is 4.72 Å². The highest BCUT2D eigenvalue weighted by Crippen LogP contribution is 2.21. The summed E-state index contributed by atoms with van der Waals surface area (Å²) in [7, 11) is -3.53. The molecule has 0 spiro atoms. The highest BCUT2D eigenvalue weighted by atomic mass is 32.2. The van der Waals surface area contributed by atoms with Gasteiger partial charge < -0.3 is 0 Å². The Kier molecular flexibility index (Phi) is 4.14. The molecule has 0 fully saturated rings. The van der Waals surface area contributed by atoms with Crippen LogP contribution in [0.5, 0.6) is 0 Å². The summed E-state index contributed by atoms with van der Waals surface area (Å²) < 4.78 is 27.4. The second-order valence-electron chi connectivity index (χ2n) is 4.92. The molecule has 0 atom stereocenters. The summed E-state index contributed by atoms with van der Waals surface area (Å²) in [5.74, 6) is 0. The van der Waals surface area contributed by atoms with Crippen molar-refractivity contribution in [1.29, 1.82) is 0 Å². The highest BCUT2D eigenvalue weighted by molar-refractivity contribution is 7.92. The number of rotatable bonds is 4. The van der Waals surface area contributed by atoms with E-state index in [0.29, 0.717) is 5.69 Å². The summed E-state index contributed by atoms with van der Waals surface area (Å²) in [5, 5.41) is 0. The lowest BCUT2D eigenvalue weighted by molar-refractivity contribution is 0.601. The smallest absolute Gasteiger partial charge is 0.261 e. The topological polar surface area (TPSA) is 46.2 Å². The van der Waals surface area contributed by atoms with Gasteiger partial charge in [0.2, 0.25) is 0 Å². The minimum atomic E-state index is -3.53. The second-order valence-corrected chi connectivity index (χ2v) is 6.60. The molecule has 20 heavy (non-hydrogen) atoms. The Morgan fingerprint density at radius 1 is 1.00 bits per heavy atom. The molecule has 0 saturated carbocycles. The van der Waals surface area contributed by atoms with Crippen LogP contribution in [0.25, 0.3) is 0 Å². The molecule has 0 radical (unpaired) electrons. The van der Waals surface area contributed by atoms with Crippen LogP contribution in [0.3, 0.4) is 0 Å². The standard InChI is InChI=1S/C16H19NO2S/c1-4-14-7-9-15(10-8-14)20(18,19)17-16-11-12(2)5-6-13(16)3/h5-11,17H,4H2,1-3H3. The van der Waals surface area contributed by atoms with E-state index in [-0.39, 0.29) is 4.90 Å². The molecule has 0 aliphatic heterocycles. The number of hydrogen-bond acceptors (Lipinski definition) is 2. The van der Waals surface area contributed by atoms with Crippen molar-refractivity contribution in [1.82, 2.24) is 0 Å². The van der Waals surface area contributed by atoms with Gasteiger partial charge in [-0.2, -0.15) is 0 Å². The molecule has 1 N–H and O–H groups in total. The van der Waals surface area contributed by atoms with Crippen LogP contribution in [-0.2, 0) is 16.4 Å². The summed E-state index contributed by atoms with van der Waals surface area (Å²) in [6.07, 6.45) is 0.894. The molecule has 0 aromatic heterocycles. The van der Waals surface area contributed by atoms with Crippen molar-refractivity contribution < 1.29 is 8.42 Å². The molecule has 0 saturated heterocycles. The normalized spacial score (nSPS) is 11.3. The van der Waals surface area contributed by atoms with E-state index in [0.717, 1.165) is 23.1 Å². The molecule has 0 bridgehead atoms. The molecule has 2 aromatic carbocycles. The van der Waals surface area contributed by atoms with Crippen molar-refractivity contribution in [3.63, 3.8) is 0 Å². The predicted octanol–water partition coefficient (Wildman–Crippen LogP) is 3.67. The largest absolute Gasteiger partial charge is 0.279 e. The maximum Gasteiger partial charge on any atom is 0.261 e. The Morgan fingerprint density at radius 2 is 1.65 bits per heavy atom. The molecular formula is C16H19NO2S. The van der Waals surface area contributed by atoms with E-state index in [2.05, 4.69) is 4.72 Å².